The van der Waals surface area contributed by atoms with E-state index in [1.54, 1.807) is 0 Å². The second-order valence-corrected chi connectivity index (χ2v) is 7.99. The average Bonchev–Trinajstić information content (AvgIpc) is 2.90. The lowest BCUT2D eigenvalue weighted by molar-refractivity contribution is -0.249. The Hall–Kier alpha value is -0.210. The summed E-state index contributed by atoms with van der Waals surface area (Å²) in [4.78, 5) is 0. The maximum absolute atomic E-state index is 13.5. The summed E-state index contributed by atoms with van der Waals surface area (Å²) >= 11 is 0. The van der Waals surface area contributed by atoms with Crippen LogP contribution in [0.15, 0.2) is 0 Å². The third kappa shape index (κ3) is 1.07. The van der Waals surface area contributed by atoms with Crippen molar-refractivity contribution in [2.45, 2.75) is 52.1 Å². The first-order valence-electron chi connectivity index (χ1n) is 7.33. The number of hydrogen-bond acceptors (Lipinski definition) is 0. The zero-order valence-electron chi connectivity index (χ0n) is 11.1. The van der Waals surface area contributed by atoms with E-state index in [1.807, 2.05) is 0 Å². The highest BCUT2D eigenvalue weighted by atomic mass is 19.4. The minimum atomic E-state index is -4.01. The third-order valence-electron chi connectivity index (χ3n) is 7.17. The molecule has 0 amide bonds. The van der Waals surface area contributed by atoms with Gasteiger partial charge < -0.3 is 0 Å². The SMILES string of the molecule is CC12CC(C3C4CCC(C4)C31)C(C)(C(F)(F)F)C2. The molecule has 0 spiro atoms. The molecular formula is C15H21F3. The topological polar surface area (TPSA) is 0 Å². The summed E-state index contributed by atoms with van der Waals surface area (Å²) in [5.74, 6) is 2.31. The predicted octanol–water partition coefficient (Wildman–Crippen LogP) is 4.65. The monoisotopic (exact) mass is 258 g/mol. The van der Waals surface area contributed by atoms with Crippen molar-refractivity contribution in [3.8, 4) is 0 Å². The first-order valence-corrected chi connectivity index (χ1v) is 7.33. The van der Waals surface area contributed by atoms with Crippen LogP contribution in [0.3, 0.4) is 0 Å². The van der Waals surface area contributed by atoms with E-state index < -0.39 is 11.6 Å². The van der Waals surface area contributed by atoms with Crippen molar-refractivity contribution in [1.82, 2.24) is 0 Å². The van der Waals surface area contributed by atoms with Gasteiger partial charge in [0.2, 0.25) is 0 Å². The van der Waals surface area contributed by atoms with E-state index in [2.05, 4.69) is 6.92 Å². The first kappa shape index (κ1) is 11.6. The molecule has 4 bridgehead atoms. The number of fused-ring (bicyclic) bond motifs is 9. The highest BCUT2D eigenvalue weighted by Crippen LogP contribution is 2.78. The predicted molar refractivity (Wildman–Crippen MR) is 62.8 cm³/mol. The molecule has 0 aromatic rings. The number of halogens is 3. The Morgan fingerprint density at radius 2 is 1.72 bits per heavy atom. The summed E-state index contributed by atoms with van der Waals surface area (Å²) in [5.41, 5.74) is -1.41. The molecule has 0 N–H and O–H groups in total. The lowest BCUT2D eigenvalue weighted by atomic mass is 9.57. The van der Waals surface area contributed by atoms with Crippen LogP contribution >= 0.6 is 0 Å². The Kier molecular flexibility index (Phi) is 1.89. The Bertz CT molecular complexity index is 401. The van der Waals surface area contributed by atoms with Crippen molar-refractivity contribution in [1.29, 1.82) is 0 Å². The molecule has 4 saturated carbocycles. The maximum atomic E-state index is 13.5. The second kappa shape index (κ2) is 2.93. The molecule has 4 rings (SSSR count). The van der Waals surface area contributed by atoms with E-state index in [1.165, 1.54) is 26.2 Å². The Labute approximate surface area is 106 Å². The molecule has 0 radical (unpaired) electrons. The van der Waals surface area contributed by atoms with Gasteiger partial charge in [-0.05, 0) is 67.1 Å². The molecule has 4 aliphatic carbocycles. The van der Waals surface area contributed by atoms with Gasteiger partial charge in [0.05, 0.1) is 5.41 Å². The molecular weight excluding hydrogens is 237 g/mol. The zero-order valence-corrected chi connectivity index (χ0v) is 11.1. The summed E-state index contributed by atoms with van der Waals surface area (Å²) in [6.07, 6.45) is 0.935. The quantitative estimate of drug-likeness (QED) is 0.555. The lowest BCUT2D eigenvalue weighted by Gasteiger charge is -2.48. The van der Waals surface area contributed by atoms with Gasteiger partial charge in [-0.1, -0.05) is 13.8 Å². The molecule has 0 saturated heterocycles. The lowest BCUT2D eigenvalue weighted by Crippen LogP contribution is -2.48. The first-order chi connectivity index (χ1) is 8.26. The van der Waals surface area contributed by atoms with Crippen LogP contribution < -0.4 is 0 Å². The number of hydrogen-bond donors (Lipinski definition) is 0. The Morgan fingerprint density at radius 3 is 2.39 bits per heavy atom. The van der Waals surface area contributed by atoms with E-state index in [4.69, 9.17) is 0 Å². The zero-order chi connectivity index (χ0) is 12.9. The van der Waals surface area contributed by atoms with Gasteiger partial charge in [0, 0.05) is 0 Å². The van der Waals surface area contributed by atoms with Gasteiger partial charge in [-0.15, -0.1) is 0 Å². The van der Waals surface area contributed by atoms with Crippen LogP contribution in [-0.4, -0.2) is 6.18 Å². The fourth-order valence-corrected chi connectivity index (χ4v) is 6.84. The van der Waals surface area contributed by atoms with Crippen LogP contribution in [0.1, 0.15) is 46.0 Å². The van der Waals surface area contributed by atoms with Crippen molar-refractivity contribution in [2.24, 2.45) is 40.4 Å². The molecule has 0 aliphatic heterocycles. The molecule has 4 aliphatic rings. The third-order valence-corrected chi connectivity index (χ3v) is 7.17. The maximum Gasteiger partial charge on any atom is 0.394 e. The van der Waals surface area contributed by atoms with E-state index in [0.29, 0.717) is 24.2 Å². The second-order valence-electron chi connectivity index (χ2n) is 7.99. The minimum absolute atomic E-state index is 0.0144. The number of rotatable bonds is 0. The molecule has 0 aromatic carbocycles. The Balaban J connectivity index is 1.77. The van der Waals surface area contributed by atoms with Crippen molar-refractivity contribution < 1.29 is 13.2 Å². The van der Waals surface area contributed by atoms with Gasteiger partial charge in [-0.25, -0.2) is 0 Å². The van der Waals surface area contributed by atoms with E-state index in [9.17, 15) is 13.2 Å². The van der Waals surface area contributed by atoms with Crippen molar-refractivity contribution in [3.05, 3.63) is 0 Å². The van der Waals surface area contributed by atoms with Crippen LogP contribution in [0.25, 0.3) is 0 Å². The van der Waals surface area contributed by atoms with Crippen molar-refractivity contribution in [2.75, 3.05) is 0 Å². The highest BCUT2D eigenvalue weighted by molar-refractivity contribution is 5.19. The summed E-state index contributed by atoms with van der Waals surface area (Å²) in [6, 6.07) is 0. The van der Waals surface area contributed by atoms with Crippen molar-refractivity contribution in [3.63, 3.8) is 0 Å². The summed E-state index contributed by atoms with van der Waals surface area (Å²) in [6.45, 7) is 3.66. The van der Waals surface area contributed by atoms with Gasteiger partial charge in [-0.2, -0.15) is 13.2 Å². The van der Waals surface area contributed by atoms with Gasteiger partial charge in [0.25, 0.3) is 0 Å². The largest absolute Gasteiger partial charge is 0.394 e. The molecule has 4 fully saturated rings. The number of alkyl halides is 3. The van der Waals surface area contributed by atoms with Gasteiger partial charge in [0.15, 0.2) is 0 Å². The fraction of sp³-hybridized carbons (Fsp3) is 1.00. The van der Waals surface area contributed by atoms with E-state index in [-0.39, 0.29) is 11.3 Å². The van der Waals surface area contributed by atoms with Gasteiger partial charge in [0.1, 0.15) is 0 Å². The van der Waals surface area contributed by atoms with Crippen LogP contribution in [0.5, 0.6) is 0 Å². The molecule has 7 atom stereocenters. The molecule has 7 unspecified atom stereocenters. The van der Waals surface area contributed by atoms with E-state index in [0.717, 1.165) is 12.3 Å². The molecule has 18 heavy (non-hydrogen) atoms. The normalized spacial score (nSPS) is 61.5. The standard InChI is InChI=1S/C15H21F3/c1-13-6-10(14(2,7-13)15(16,17)18)11-8-3-4-9(5-8)12(11)13/h8-12H,3-7H2,1-2H3. The van der Waals surface area contributed by atoms with Crippen LogP contribution in [-0.2, 0) is 0 Å². The van der Waals surface area contributed by atoms with Crippen LogP contribution in [0, 0.1) is 40.4 Å². The molecule has 0 nitrogen and oxygen atoms in total. The molecule has 102 valence electrons. The molecule has 0 heterocycles. The van der Waals surface area contributed by atoms with Gasteiger partial charge >= 0.3 is 6.18 Å². The molecule has 3 heteroatoms. The minimum Gasteiger partial charge on any atom is -0.171 e. The summed E-state index contributed by atoms with van der Waals surface area (Å²) in [7, 11) is 0. The fourth-order valence-electron chi connectivity index (χ4n) is 6.84. The van der Waals surface area contributed by atoms with Crippen LogP contribution in [0.4, 0.5) is 13.2 Å². The highest BCUT2D eigenvalue weighted by Gasteiger charge is 2.75. The molecule has 0 aromatic heterocycles. The van der Waals surface area contributed by atoms with Crippen molar-refractivity contribution >= 4 is 0 Å². The van der Waals surface area contributed by atoms with Gasteiger partial charge in [-0.3, -0.25) is 0 Å². The van der Waals surface area contributed by atoms with E-state index >= 15 is 0 Å². The smallest absolute Gasteiger partial charge is 0.171 e. The average molecular weight is 258 g/mol. The van der Waals surface area contributed by atoms with Crippen LogP contribution in [0.2, 0.25) is 0 Å². The summed E-state index contributed by atoms with van der Waals surface area (Å²) in [5, 5.41) is 0. The summed E-state index contributed by atoms with van der Waals surface area (Å²) < 4.78 is 40.4. The Morgan fingerprint density at radius 1 is 1.06 bits per heavy atom.